The highest BCUT2D eigenvalue weighted by Gasteiger charge is 2.23. The van der Waals surface area contributed by atoms with Crippen LogP contribution in [0.15, 0.2) is 58.3 Å². The van der Waals surface area contributed by atoms with Crippen LogP contribution in [0.25, 0.3) is 0 Å². The van der Waals surface area contributed by atoms with E-state index in [0.29, 0.717) is 0 Å². The lowest BCUT2D eigenvalue weighted by Gasteiger charge is -2.14. The number of hydrogen-bond acceptors (Lipinski definition) is 6. The number of aromatic nitrogens is 3. The highest BCUT2D eigenvalue weighted by Crippen LogP contribution is 2.10. The second kappa shape index (κ2) is 8.01. The summed E-state index contributed by atoms with van der Waals surface area (Å²) in [4.78, 5) is 49.7. The number of aryl methyl sites for hydroxylation is 1. The highest BCUT2D eigenvalue weighted by molar-refractivity contribution is 6.02. The fraction of sp³-hybridized carbons (Fsp3) is 0.200. The van der Waals surface area contributed by atoms with E-state index in [4.69, 9.17) is 10.5 Å². The molecule has 1 aromatic carbocycles. The summed E-state index contributed by atoms with van der Waals surface area (Å²) in [6.45, 7) is -0.587. The van der Waals surface area contributed by atoms with Gasteiger partial charge in [0.15, 0.2) is 6.61 Å². The van der Waals surface area contributed by atoms with Gasteiger partial charge in [0.1, 0.15) is 17.1 Å². The number of carbonyl (C=O) groups excluding carboxylic acids is 2. The fourth-order valence-corrected chi connectivity index (χ4v) is 2.91. The van der Waals surface area contributed by atoms with Crippen LogP contribution < -0.4 is 17.0 Å². The molecule has 0 saturated carbocycles. The number of ketones is 1. The molecule has 0 fully saturated rings. The summed E-state index contributed by atoms with van der Waals surface area (Å²) < 4.78 is 8.52. The molecule has 3 aromatic rings. The first-order valence-electron chi connectivity index (χ1n) is 8.76. The minimum Gasteiger partial charge on any atom is -0.453 e. The van der Waals surface area contributed by atoms with Crippen molar-refractivity contribution in [3.05, 3.63) is 86.3 Å². The van der Waals surface area contributed by atoms with E-state index >= 15 is 0 Å². The largest absolute Gasteiger partial charge is 0.453 e. The van der Waals surface area contributed by atoms with Gasteiger partial charge in [-0.05, 0) is 17.7 Å². The van der Waals surface area contributed by atoms with Gasteiger partial charge in [-0.1, -0.05) is 30.3 Å². The molecule has 0 saturated heterocycles. The molecule has 2 N–H and O–H groups in total. The Morgan fingerprint density at radius 2 is 1.72 bits per heavy atom. The van der Waals surface area contributed by atoms with Crippen molar-refractivity contribution >= 4 is 17.6 Å². The Morgan fingerprint density at radius 1 is 1.03 bits per heavy atom. The van der Waals surface area contributed by atoms with Crippen LogP contribution in [0.1, 0.15) is 26.4 Å². The molecule has 0 aliphatic heterocycles. The first kappa shape index (κ1) is 19.9. The number of benzene rings is 1. The molecular formula is C20H20N4O5. The monoisotopic (exact) mass is 396 g/mol. The van der Waals surface area contributed by atoms with Crippen LogP contribution in [0.4, 0.5) is 5.82 Å². The Labute approximate surface area is 165 Å². The van der Waals surface area contributed by atoms with Gasteiger partial charge in [-0.2, -0.15) is 0 Å². The molecular weight excluding hydrogens is 376 g/mol. The van der Waals surface area contributed by atoms with Gasteiger partial charge >= 0.3 is 11.7 Å². The number of nitrogen functional groups attached to an aromatic ring is 1. The summed E-state index contributed by atoms with van der Waals surface area (Å²) in [5.41, 5.74) is 5.17. The minimum absolute atomic E-state index is 0.0864. The molecule has 150 valence electrons. The Balaban J connectivity index is 1.91. The lowest BCUT2D eigenvalue weighted by atomic mass is 10.2. The predicted octanol–water partition coefficient (Wildman–Crippen LogP) is 0.556. The number of nitrogens with zero attached hydrogens (tertiary/aromatic N) is 3. The topological polar surface area (TPSA) is 118 Å². The third kappa shape index (κ3) is 3.88. The summed E-state index contributed by atoms with van der Waals surface area (Å²) in [6.07, 6.45) is 1.66. The van der Waals surface area contributed by atoms with Gasteiger partial charge in [0.05, 0.1) is 6.54 Å². The number of anilines is 1. The van der Waals surface area contributed by atoms with Gasteiger partial charge in [0, 0.05) is 20.3 Å². The quantitative estimate of drug-likeness (QED) is 0.480. The molecule has 3 rings (SSSR count). The van der Waals surface area contributed by atoms with Crippen molar-refractivity contribution in [2.75, 3.05) is 12.3 Å². The van der Waals surface area contributed by atoms with Crippen molar-refractivity contribution in [2.24, 2.45) is 14.1 Å². The van der Waals surface area contributed by atoms with Gasteiger partial charge in [-0.15, -0.1) is 0 Å². The lowest BCUT2D eigenvalue weighted by molar-refractivity contribution is 0.0464. The van der Waals surface area contributed by atoms with E-state index in [0.717, 1.165) is 14.7 Å². The fourth-order valence-electron chi connectivity index (χ4n) is 2.91. The Morgan fingerprint density at radius 3 is 2.34 bits per heavy atom. The Bertz CT molecular complexity index is 1190. The van der Waals surface area contributed by atoms with Crippen molar-refractivity contribution in [3.8, 4) is 0 Å². The second-order valence-electron chi connectivity index (χ2n) is 6.48. The maximum atomic E-state index is 12.6. The van der Waals surface area contributed by atoms with E-state index in [9.17, 15) is 19.2 Å². The molecule has 0 spiro atoms. The van der Waals surface area contributed by atoms with E-state index in [-0.39, 0.29) is 23.6 Å². The molecule has 0 amide bonds. The first-order chi connectivity index (χ1) is 13.8. The Hall–Kier alpha value is -3.88. The van der Waals surface area contributed by atoms with Gasteiger partial charge in [-0.25, -0.2) is 9.59 Å². The summed E-state index contributed by atoms with van der Waals surface area (Å²) in [5, 5.41) is 0. The minimum atomic E-state index is -0.836. The van der Waals surface area contributed by atoms with E-state index in [1.165, 1.54) is 7.05 Å². The average Bonchev–Trinajstić information content (AvgIpc) is 3.14. The molecule has 2 heterocycles. The predicted molar refractivity (Wildman–Crippen MR) is 106 cm³/mol. The summed E-state index contributed by atoms with van der Waals surface area (Å²) in [7, 11) is 2.92. The number of esters is 1. The standard InChI is InChI=1S/C20H20N4O5/c1-22-10-6-9-14(22)19(27)29-12-15(25)16-17(21)24(20(28)23(2)18(16)26)11-13-7-4-3-5-8-13/h3-10H,11-12,21H2,1-2H3. The van der Waals surface area contributed by atoms with Crippen LogP contribution in [0.2, 0.25) is 0 Å². The van der Waals surface area contributed by atoms with Gasteiger partial charge in [0.2, 0.25) is 5.78 Å². The number of nitrogens with two attached hydrogens (primary N) is 1. The number of ether oxygens (including phenoxy) is 1. The normalized spacial score (nSPS) is 10.7. The molecule has 29 heavy (non-hydrogen) atoms. The smallest absolute Gasteiger partial charge is 0.355 e. The zero-order valence-corrected chi connectivity index (χ0v) is 16.0. The summed E-state index contributed by atoms with van der Waals surface area (Å²) >= 11 is 0. The molecule has 0 aliphatic rings. The number of Topliss-reactive ketones (excluding diaryl/α,β-unsaturated/α-hetero) is 1. The third-order valence-corrected chi connectivity index (χ3v) is 4.53. The van der Waals surface area contributed by atoms with Crippen LogP contribution in [-0.2, 0) is 25.4 Å². The van der Waals surface area contributed by atoms with Crippen LogP contribution in [-0.4, -0.2) is 32.1 Å². The number of carbonyl (C=O) groups is 2. The molecule has 0 bridgehead atoms. The van der Waals surface area contributed by atoms with Crippen molar-refractivity contribution in [1.29, 1.82) is 0 Å². The highest BCUT2D eigenvalue weighted by atomic mass is 16.5. The van der Waals surface area contributed by atoms with Crippen LogP contribution in [0.3, 0.4) is 0 Å². The van der Waals surface area contributed by atoms with E-state index in [1.807, 2.05) is 6.07 Å². The number of rotatable bonds is 6. The molecule has 0 atom stereocenters. The molecule has 9 heteroatoms. The van der Waals surface area contributed by atoms with Crippen LogP contribution >= 0.6 is 0 Å². The van der Waals surface area contributed by atoms with Gasteiger partial charge in [-0.3, -0.25) is 18.7 Å². The van der Waals surface area contributed by atoms with Crippen LogP contribution in [0, 0.1) is 0 Å². The second-order valence-corrected chi connectivity index (χ2v) is 6.48. The SMILES string of the molecule is Cn1cccc1C(=O)OCC(=O)c1c(N)n(Cc2ccccc2)c(=O)n(C)c1=O. The van der Waals surface area contributed by atoms with Crippen LogP contribution in [0.5, 0.6) is 0 Å². The molecule has 0 aliphatic carbocycles. The zero-order chi connectivity index (χ0) is 21.1. The van der Waals surface area contributed by atoms with Crippen molar-refractivity contribution in [3.63, 3.8) is 0 Å². The van der Waals surface area contributed by atoms with Gasteiger partial charge < -0.3 is 15.0 Å². The zero-order valence-electron chi connectivity index (χ0n) is 16.0. The Kier molecular flexibility index (Phi) is 5.49. The van der Waals surface area contributed by atoms with E-state index in [2.05, 4.69) is 0 Å². The summed E-state index contributed by atoms with van der Waals surface area (Å²) in [6, 6.07) is 12.2. The lowest BCUT2D eigenvalue weighted by Crippen LogP contribution is -2.43. The maximum absolute atomic E-state index is 12.6. The van der Waals surface area contributed by atoms with Crippen molar-refractivity contribution < 1.29 is 14.3 Å². The summed E-state index contributed by atoms with van der Waals surface area (Å²) in [5.74, 6) is -1.76. The molecule has 0 radical (unpaired) electrons. The number of hydrogen-bond donors (Lipinski definition) is 1. The molecule has 0 unspecified atom stereocenters. The van der Waals surface area contributed by atoms with Gasteiger partial charge in [0.25, 0.3) is 5.56 Å². The third-order valence-electron chi connectivity index (χ3n) is 4.53. The van der Waals surface area contributed by atoms with E-state index in [1.54, 1.807) is 54.2 Å². The average molecular weight is 396 g/mol. The first-order valence-corrected chi connectivity index (χ1v) is 8.76. The van der Waals surface area contributed by atoms with Crippen molar-refractivity contribution in [2.45, 2.75) is 6.54 Å². The molecule has 9 nitrogen and oxygen atoms in total. The van der Waals surface area contributed by atoms with E-state index < -0.39 is 29.6 Å². The van der Waals surface area contributed by atoms with Crippen molar-refractivity contribution in [1.82, 2.24) is 13.7 Å². The molecule has 2 aromatic heterocycles. The maximum Gasteiger partial charge on any atom is 0.355 e.